The van der Waals surface area contributed by atoms with Crippen LogP contribution in [0.3, 0.4) is 0 Å². The van der Waals surface area contributed by atoms with Gasteiger partial charge in [0.05, 0.1) is 16.8 Å². The summed E-state index contributed by atoms with van der Waals surface area (Å²) in [6.07, 6.45) is 6.43. The van der Waals surface area contributed by atoms with Crippen molar-refractivity contribution in [3.05, 3.63) is 51.5 Å². The standard InChI is InChI=1S/C26H30ClN3O2S/c1-4-19-13-21-23(33-19)14-22-24(31)30(20-12-17(27)11-10-16(20)2)26(3,15-29(21)22)25(32)28-18-8-6-5-7-9-18/h10-14,18H,4-9,15H2,1-3H3,(H,28,32)/t26-/m0/s1. The minimum Gasteiger partial charge on any atom is -0.351 e. The minimum atomic E-state index is -1.07. The van der Waals surface area contributed by atoms with E-state index >= 15 is 0 Å². The van der Waals surface area contributed by atoms with Crippen molar-refractivity contribution < 1.29 is 9.59 Å². The Kier molecular flexibility index (Phi) is 5.78. The van der Waals surface area contributed by atoms with Gasteiger partial charge < -0.3 is 9.88 Å². The summed E-state index contributed by atoms with van der Waals surface area (Å²) in [6, 6.07) is 9.84. The normalized spacial score (nSPS) is 21.5. The van der Waals surface area contributed by atoms with Crippen molar-refractivity contribution in [2.75, 3.05) is 4.90 Å². The van der Waals surface area contributed by atoms with Crippen LogP contribution >= 0.6 is 22.9 Å². The molecule has 0 spiro atoms. The van der Waals surface area contributed by atoms with Gasteiger partial charge in [0.2, 0.25) is 5.91 Å². The van der Waals surface area contributed by atoms with E-state index in [-0.39, 0.29) is 17.9 Å². The van der Waals surface area contributed by atoms with Crippen LogP contribution in [-0.4, -0.2) is 28.0 Å². The first-order chi connectivity index (χ1) is 15.8. The molecule has 2 aromatic heterocycles. The maximum Gasteiger partial charge on any atom is 0.275 e. The second kappa shape index (κ2) is 8.48. The Morgan fingerprint density at radius 2 is 1.97 bits per heavy atom. The molecule has 0 bridgehead atoms. The number of rotatable bonds is 4. The summed E-state index contributed by atoms with van der Waals surface area (Å²) in [6.45, 7) is 6.39. The maximum absolute atomic E-state index is 14.0. The molecule has 5 nitrogen and oxygen atoms in total. The fourth-order valence-corrected chi connectivity index (χ4v) is 6.50. The molecular weight excluding hydrogens is 454 g/mol. The molecule has 1 fully saturated rings. The summed E-state index contributed by atoms with van der Waals surface area (Å²) < 4.78 is 3.14. The van der Waals surface area contributed by atoms with Gasteiger partial charge in [-0.3, -0.25) is 14.5 Å². The van der Waals surface area contributed by atoms with Gasteiger partial charge in [-0.25, -0.2) is 0 Å². The Hall–Kier alpha value is -2.31. The van der Waals surface area contributed by atoms with Gasteiger partial charge in [0.15, 0.2) is 0 Å². The van der Waals surface area contributed by atoms with Gasteiger partial charge in [0.1, 0.15) is 11.2 Å². The number of nitrogens with zero attached hydrogens (tertiary/aromatic N) is 2. The lowest BCUT2D eigenvalue weighted by atomic mass is 9.90. The van der Waals surface area contributed by atoms with Gasteiger partial charge in [-0.2, -0.15) is 0 Å². The highest BCUT2D eigenvalue weighted by Gasteiger charge is 2.49. The average Bonchev–Trinajstić information content (AvgIpc) is 3.35. The van der Waals surface area contributed by atoms with E-state index in [0.29, 0.717) is 22.9 Å². The molecule has 2 aliphatic rings. The zero-order valence-corrected chi connectivity index (χ0v) is 21.0. The third kappa shape index (κ3) is 3.77. The van der Waals surface area contributed by atoms with Crippen molar-refractivity contribution in [3.63, 3.8) is 0 Å². The smallest absolute Gasteiger partial charge is 0.275 e. The predicted molar refractivity (Wildman–Crippen MR) is 136 cm³/mol. The van der Waals surface area contributed by atoms with Crippen LogP contribution in [0.2, 0.25) is 5.02 Å². The molecule has 1 atom stereocenters. The average molecular weight is 484 g/mol. The van der Waals surface area contributed by atoms with E-state index in [1.54, 1.807) is 22.3 Å². The van der Waals surface area contributed by atoms with Crippen LogP contribution < -0.4 is 10.2 Å². The van der Waals surface area contributed by atoms with Crippen molar-refractivity contribution in [2.24, 2.45) is 0 Å². The van der Waals surface area contributed by atoms with Gasteiger partial charge in [-0.05, 0) is 62.9 Å². The number of carbonyl (C=O) groups excluding carboxylic acids is 2. The van der Waals surface area contributed by atoms with Crippen molar-refractivity contribution >= 4 is 50.7 Å². The number of carbonyl (C=O) groups is 2. The monoisotopic (exact) mass is 483 g/mol. The topological polar surface area (TPSA) is 54.3 Å². The van der Waals surface area contributed by atoms with Crippen LogP contribution in [0.1, 0.15) is 66.9 Å². The van der Waals surface area contributed by atoms with E-state index in [9.17, 15) is 9.59 Å². The molecule has 1 aliphatic heterocycles. The molecule has 5 rings (SSSR count). The van der Waals surface area contributed by atoms with Crippen molar-refractivity contribution in [2.45, 2.75) is 77.4 Å². The van der Waals surface area contributed by atoms with Gasteiger partial charge in [0.25, 0.3) is 5.91 Å². The third-order valence-corrected chi connectivity index (χ3v) is 8.66. The molecule has 0 radical (unpaired) electrons. The number of fused-ring (bicyclic) bond motifs is 3. The van der Waals surface area contributed by atoms with E-state index < -0.39 is 5.54 Å². The molecular formula is C26H30ClN3O2S. The fourth-order valence-electron chi connectivity index (χ4n) is 5.29. The summed E-state index contributed by atoms with van der Waals surface area (Å²) in [4.78, 5) is 30.9. The molecule has 3 heterocycles. The van der Waals surface area contributed by atoms with Crippen molar-refractivity contribution in [1.29, 1.82) is 0 Å². The lowest BCUT2D eigenvalue weighted by Gasteiger charge is -2.45. The zero-order chi connectivity index (χ0) is 23.3. The molecule has 7 heteroatoms. The molecule has 2 amide bonds. The summed E-state index contributed by atoms with van der Waals surface area (Å²) in [5, 5.41) is 3.84. The molecule has 0 unspecified atom stereocenters. The zero-order valence-electron chi connectivity index (χ0n) is 19.4. The first-order valence-electron chi connectivity index (χ1n) is 11.9. The third-order valence-electron chi connectivity index (χ3n) is 7.21. The number of nitrogens with one attached hydrogen (secondary N) is 1. The Morgan fingerprint density at radius 1 is 1.21 bits per heavy atom. The van der Waals surface area contributed by atoms with Gasteiger partial charge >= 0.3 is 0 Å². The van der Waals surface area contributed by atoms with Crippen molar-refractivity contribution in [1.82, 2.24) is 9.88 Å². The highest BCUT2D eigenvalue weighted by atomic mass is 35.5. The molecule has 1 N–H and O–H groups in total. The van der Waals surface area contributed by atoms with Crippen LogP contribution in [-0.2, 0) is 17.8 Å². The number of benzene rings is 1. The number of aromatic nitrogens is 1. The van der Waals surface area contributed by atoms with Gasteiger partial charge in [-0.1, -0.05) is 43.9 Å². The quantitative estimate of drug-likeness (QED) is 0.487. The second-order valence-electron chi connectivity index (χ2n) is 9.59. The lowest BCUT2D eigenvalue weighted by Crippen LogP contribution is -2.65. The van der Waals surface area contributed by atoms with Crippen LogP contribution in [0.25, 0.3) is 10.2 Å². The highest BCUT2D eigenvalue weighted by molar-refractivity contribution is 7.19. The van der Waals surface area contributed by atoms with E-state index in [1.807, 2.05) is 36.6 Å². The largest absolute Gasteiger partial charge is 0.351 e. The Labute approximate surface area is 203 Å². The first-order valence-corrected chi connectivity index (χ1v) is 13.0. The molecule has 1 aromatic carbocycles. The number of halogens is 1. The number of hydrogen-bond acceptors (Lipinski definition) is 3. The number of anilines is 1. The summed E-state index contributed by atoms with van der Waals surface area (Å²) >= 11 is 8.07. The molecule has 3 aromatic rings. The van der Waals surface area contributed by atoms with Crippen LogP contribution in [0, 0.1) is 6.92 Å². The van der Waals surface area contributed by atoms with Crippen LogP contribution in [0.4, 0.5) is 5.69 Å². The first kappa shape index (κ1) is 22.5. The second-order valence-corrected chi connectivity index (χ2v) is 11.2. The van der Waals surface area contributed by atoms with Crippen LogP contribution in [0.5, 0.6) is 0 Å². The molecule has 0 saturated heterocycles. The predicted octanol–water partition coefficient (Wildman–Crippen LogP) is 6.10. The van der Waals surface area contributed by atoms with E-state index in [0.717, 1.165) is 47.9 Å². The van der Waals surface area contributed by atoms with Gasteiger partial charge in [-0.15, -0.1) is 11.3 Å². The highest BCUT2D eigenvalue weighted by Crippen LogP contribution is 2.40. The van der Waals surface area contributed by atoms with Crippen molar-refractivity contribution in [3.8, 4) is 0 Å². The summed E-state index contributed by atoms with van der Waals surface area (Å²) in [5.74, 6) is -0.255. The Morgan fingerprint density at radius 3 is 2.70 bits per heavy atom. The lowest BCUT2D eigenvalue weighted by molar-refractivity contribution is -0.127. The molecule has 1 saturated carbocycles. The Bertz CT molecular complexity index is 1240. The Balaban J connectivity index is 1.63. The van der Waals surface area contributed by atoms with Crippen LogP contribution in [0.15, 0.2) is 30.3 Å². The van der Waals surface area contributed by atoms with E-state index in [1.165, 1.54) is 11.3 Å². The maximum atomic E-state index is 14.0. The fraction of sp³-hybridized carbons (Fsp3) is 0.462. The number of hydrogen-bond donors (Lipinski definition) is 1. The number of amides is 2. The summed E-state index contributed by atoms with van der Waals surface area (Å²) in [5.41, 5.74) is 2.20. The number of thiophene rings is 1. The van der Waals surface area contributed by atoms with E-state index in [4.69, 9.17) is 11.6 Å². The van der Waals surface area contributed by atoms with E-state index in [2.05, 4.69) is 18.3 Å². The minimum absolute atomic E-state index is 0.0967. The molecule has 33 heavy (non-hydrogen) atoms. The van der Waals surface area contributed by atoms with Gasteiger partial charge in [0, 0.05) is 21.6 Å². The SMILES string of the molecule is CCc1cc2c(cc3n2C[C@@](C)(C(=O)NC2CCCCC2)N(c2cc(Cl)ccc2C)C3=O)s1. The molecule has 174 valence electrons. The summed E-state index contributed by atoms with van der Waals surface area (Å²) in [7, 11) is 0. The molecule has 1 aliphatic carbocycles. The number of aryl methyl sites for hydroxylation is 2.